The number of fused-ring (bicyclic) bond motifs is 1. The number of rotatable bonds is 1. The van der Waals surface area contributed by atoms with Crippen LogP contribution in [-0.4, -0.2) is 41.9 Å². The molecule has 0 bridgehead atoms. The molecule has 3 unspecified atom stereocenters. The van der Waals surface area contributed by atoms with Crippen molar-refractivity contribution < 1.29 is 10.2 Å². The Labute approximate surface area is 96.3 Å². The average Bonchev–Trinajstić information content (AvgIpc) is 2.91. The zero-order valence-electron chi connectivity index (χ0n) is 9.04. The summed E-state index contributed by atoms with van der Waals surface area (Å²) in [6.07, 6.45) is 2.73. The Morgan fingerprint density at radius 1 is 1.35 bits per heavy atom. The molecule has 1 aliphatic carbocycles. The average molecular weight is 235 g/mol. The SMILES string of the molecule is N=c1ncn(C2CCC(O)C2O)c2nc[nH]c12. The van der Waals surface area contributed by atoms with E-state index in [4.69, 9.17) is 5.41 Å². The molecule has 0 amide bonds. The van der Waals surface area contributed by atoms with E-state index in [1.54, 1.807) is 4.57 Å². The molecule has 17 heavy (non-hydrogen) atoms. The monoisotopic (exact) mass is 235 g/mol. The minimum Gasteiger partial charge on any atom is -0.390 e. The van der Waals surface area contributed by atoms with Crippen LogP contribution in [-0.2, 0) is 0 Å². The van der Waals surface area contributed by atoms with Crippen LogP contribution in [0, 0.1) is 5.41 Å². The lowest BCUT2D eigenvalue weighted by atomic mass is 10.2. The number of aliphatic hydroxyl groups excluding tert-OH is 2. The van der Waals surface area contributed by atoms with Crippen molar-refractivity contribution in [2.24, 2.45) is 0 Å². The number of H-pyrrole nitrogens is 1. The van der Waals surface area contributed by atoms with Gasteiger partial charge in [0.15, 0.2) is 11.1 Å². The van der Waals surface area contributed by atoms with Crippen LogP contribution in [0.25, 0.3) is 11.2 Å². The second-order valence-electron chi connectivity index (χ2n) is 4.30. The number of aliphatic hydroxyl groups is 2. The maximum absolute atomic E-state index is 9.89. The second-order valence-corrected chi connectivity index (χ2v) is 4.30. The van der Waals surface area contributed by atoms with Crippen molar-refractivity contribution in [1.29, 1.82) is 5.41 Å². The predicted octanol–water partition coefficient (Wildman–Crippen LogP) is -0.704. The topological polar surface area (TPSA) is 111 Å². The van der Waals surface area contributed by atoms with Gasteiger partial charge in [-0.15, -0.1) is 0 Å². The van der Waals surface area contributed by atoms with E-state index in [0.717, 1.165) is 0 Å². The molecule has 1 aliphatic rings. The van der Waals surface area contributed by atoms with E-state index >= 15 is 0 Å². The highest BCUT2D eigenvalue weighted by Gasteiger charge is 2.35. The molecule has 0 saturated heterocycles. The summed E-state index contributed by atoms with van der Waals surface area (Å²) < 4.78 is 1.73. The van der Waals surface area contributed by atoms with Crippen LogP contribution in [0.1, 0.15) is 18.9 Å². The molecule has 0 aliphatic heterocycles. The van der Waals surface area contributed by atoms with E-state index in [2.05, 4.69) is 15.0 Å². The predicted molar refractivity (Wildman–Crippen MR) is 58.0 cm³/mol. The fourth-order valence-corrected chi connectivity index (χ4v) is 2.38. The van der Waals surface area contributed by atoms with Crippen molar-refractivity contribution in [3.05, 3.63) is 18.1 Å². The third-order valence-electron chi connectivity index (χ3n) is 3.32. The van der Waals surface area contributed by atoms with Crippen molar-refractivity contribution in [2.45, 2.75) is 31.1 Å². The molecule has 3 rings (SSSR count). The number of hydrogen-bond acceptors (Lipinski definition) is 5. The van der Waals surface area contributed by atoms with Crippen LogP contribution >= 0.6 is 0 Å². The summed E-state index contributed by atoms with van der Waals surface area (Å²) in [6.45, 7) is 0. The molecule has 7 heteroatoms. The van der Waals surface area contributed by atoms with Crippen molar-refractivity contribution in [2.75, 3.05) is 0 Å². The molecular formula is C10H13N5O2. The first-order chi connectivity index (χ1) is 8.18. The van der Waals surface area contributed by atoms with Gasteiger partial charge in [0.05, 0.1) is 24.8 Å². The smallest absolute Gasteiger partial charge is 0.173 e. The highest BCUT2D eigenvalue weighted by atomic mass is 16.3. The molecule has 0 radical (unpaired) electrons. The lowest BCUT2D eigenvalue weighted by Crippen LogP contribution is -2.28. The molecule has 2 aromatic rings. The molecule has 0 aromatic carbocycles. The molecule has 0 spiro atoms. The van der Waals surface area contributed by atoms with Crippen LogP contribution in [0.4, 0.5) is 0 Å². The summed E-state index contributed by atoms with van der Waals surface area (Å²) in [7, 11) is 0. The first kappa shape index (κ1) is 10.4. The number of imidazole rings is 1. The molecule has 1 saturated carbocycles. The van der Waals surface area contributed by atoms with Gasteiger partial charge < -0.3 is 19.8 Å². The fraction of sp³-hybridized carbons (Fsp3) is 0.500. The molecule has 4 N–H and O–H groups in total. The summed E-state index contributed by atoms with van der Waals surface area (Å²) in [5.74, 6) is 0. The third kappa shape index (κ3) is 1.47. The third-order valence-corrected chi connectivity index (χ3v) is 3.32. The number of hydrogen-bond donors (Lipinski definition) is 4. The molecule has 1 fully saturated rings. The van der Waals surface area contributed by atoms with Gasteiger partial charge in [-0.1, -0.05) is 0 Å². The Bertz CT molecular complexity index is 604. The quantitative estimate of drug-likeness (QED) is 0.523. The van der Waals surface area contributed by atoms with Gasteiger partial charge in [-0.3, -0.25) is 5.41 Å². The highest BCUT2D eigenvalue weighted by molar-refractivity contribution is 5.68. The van der Waals surface area contributed by atoms with E-state index in [-0.39, 0.29) is 11.5 Å². The Balaban J connectivity index is 2.15. The van der Waals surface area contributed by atoms with Crippen LogP contribution in [0.2, 0.25) is 0 Å². The van der Waals surface area contributed by atoms with Crippen LogP contribution < -0.4 is 5.49 Å². The molecule has 2 aromatic heterocycles. The van der Waals surface area contributed by atoms with Crippen LogP contribution in [0.5, 0.6) is 0 Å². The zero-order chi connectivity index (χ0) is 12.0. The summed E-state index contributed by atoms with van der Waals surface area (Å²) in [5.41, 5.74) is 1.26. The van der Waals surface area contributed by atoms with Gasteiger partial charge in [0.2, 0.25) is 0 Å². The van der Waals surface area contributed by atoms with Crippen molar-refractivity contribution in [3.63, 3.8) is 0 Å². The summed E-state index contributed by atoms with van der Waals surface area (Å²) >= 11 is 0. The van der Waals surface area contributed by atoms with Gasteiger partial charge in [0.1, 0.15) is 11.6 Å². The summed E-state index contributed by atoms with van der Waals surface area (Å²) in [6, 6.07) is -0.232. The van der Waals surface area contributed by atoms with E-state index in [0.29, 0.717) is 24.0 Å². The number of nitrogens with zero attached hydrogens (tertiary/aromatic N) is 3. The lowest BCUT2D eigenvalue weighted by molar-refractivity contribution is 0.0239. The van der Waals surface area contributed by atoms with Crippen molar-refractivity contribution in [1.82, 2.24) is 19.5 Å². The van der Waals surface area contributed by atoms with Gasteiger partial charge in [-0.2, -0.15) is 0 Å². The first-order valence-corrected chi connectivity index (χ1v) is 5.49. The van der Waals surface area contributed by atoms with E-state index in [1.807, 2.05) is 0 Å². The minimum absolute atomic E-state index is 0.127. The maximum Gasteiger partial charge on any atom is 0.173 e. The fourth-order valence-electron chi connectivity index (χ4n) is 2.38. The Kier molecular flexibility index (Phi) is 2.23. The summed E-state index contributed by atoms with van der Waals surface area (Å²) in [5, 5.41) is 27.1. The Morgan fingerprint density at radius 3 is 2.88 bits per heavy atom. The molecule has 2 heterocycles. The van der Waals surface area contributed by atoms with Gasteiger partial charge >= 0.3 is 0 Å². The van der Waals surface area contributed by atoms with Gasteiger partial charge in [-0.05, 0) is 12.8 Å². The van der Waals surface area contributed by atoms with Gasteiger partial charge in [0, 0.05) is 0 Å². The Morgan fingerprint density at radius 2 is 2.18 bits per heavy atom. The van der Waals surface area contributed by atoms with E-state index < -0.39 is 12.2 Å². The Hall–Kier alpha value is -1.73. The molecule has 90 valence electrons. The van der Waals surface area contributed by atoms with Crippen molar-refractivity contribution >= 4 is 11.2 Å². The zero-order valence-corrected chi connectivity index (χ0v) is 9.04. The number of aromatic amines is 1. The standard InChI is InChI=1S/C10H13N5O2/c11-9-7-10(13-3-12-7)15(4-14-9)5-1-2-6(16)8(5)17/h3-6,8,11,16-17H,1-2H2,(H,12,13). The summed E-state index contributed by atoms with van der Waals surface area (Å²) in [4.78, 5) is 10.9. The number of nitrogens with one attached hydrogen (secondary N) is 2. The first-order valence-electron chi connectivity index (χ1n) is 5.49. The second kappa shape index (κ2) is 3.64. The maximum atomic E-state index is 9.89. The highest BCUT2D eigenvalue weighted by Crippen LogP contribution is 2.31. The lowest BCUT2D eigenvalue weighted by Gasteiger charge is -2.19. The van der Waals surface area contributed by atoms with Crippen LogP contribution in [0.15, 0.2) is 12.7 Å². The minimum atomic E-state index is -0.807. The van der Waals surface area contributed by atoms with E-state index in [1.165, 1.54) is 12.7 Å². The van der Waals surface area contributed by atoms with Crippen molar-refractivity contribution in [3.8, 4) is 0 Å². The normalized spacial score (nSPS) is 28.9. The molecular weight excluding hydrogens is 222 g/mol. The number of aromatic nitrogens is 4. The van der Waals surface area contributed by atoms with Gasteiger partial charge in [-0.25, -0.2) is 9.97 Å². The largest absolute Gasteiger partial charge is 0.390 e. The van der Waals surface area contributed by atoms with Gasteiger partial charge in [0.25, 0.3) is 0 Å². The molecule has 3 atom stereocenters. The molecule has 7 nitrogen and oxygen atoms in total. The van der Waals surface area contributed by atoms with E-state index in [9.17, 15) is 10.2 Å². The van der Waals surface area contributed by atoms with Crippen LogP contribution in [0.3, 0.4) is 0 Å².